The topological polar surface area (TPSA) is 0 Å². The van der Waals surface area contributed by atoms with Crippen molar-refractivity contribution in [1.82, 2.24) is 0 Å². The maximum atomic E-state index is 2.39. The van der Waals surface area contributed by atoms with Crippen LogP contribution in [0.1, 0.15) is 0 Å². The van der Waals surface area contributed by atoms with Gasteiger partial charge in [0, 0.05) is 46.3 Å². The van der Waals surface area contributed by atoms with Crippen LogP contribution in [0.5, 0.6) is 0 Å². The van der Waals surface area contributed by atoms with Gasteiger partial charge in [0.2, 0.25) is 0 Å². The second-order valence-corrected chi connectivity index (χ2v) is 10.6. The minimum absolute atomic E-state index is 1.25. The first-order valence-electron chi connectivity index (χ1n) is 11.4. The Morgan fingerprint density at radius 3 is 1.79 bits per heavy atom. The van der Waals surface area contributed by atoms with E-state index >= 15 is 0 Å². The highest BCUT2D eigenvalue weighted by Crippen LogP contribution is 2.47. The van der Waals surface area contributed by atoms with Crippen molar-refractivity contribution in [3.63, 3.8) is 0 Å². The summed E-state index contributed by atoms with van der Waals surface area (Å²) < 4.78 is 2.70. The zero-order valence-electron chi connectivity index (χ0n) is 18.4. The number of rotatable bonds is 3. The molecule has 2 heteroatoms. The average Bonchev–Trinajstić information content (AvgIpc) is 3.48. The molecule has 0 fully saturated rings. The predicted octanol–water partition coefficient (Wildman–Crippen LogP) is 10.3. The molecule has 7 rings (SSSR count). The Labute approximate surface area is 206 Å². The molecule has 0 aliphatic carbocycles. The minimum Gasteiger partial charge on any atom is -0.135 e. The van der Waals surface area contributed by atoms with Crippen LogP contribution in [-0.2, 0) is 0 Å². The molecule has 34 heavy (non-hydrogen) atoms. The van der Waals surface area contributed by atoms with E-state index < -0.39 is 0 Å². The highest BCUT2D eigenvalue weighted by atomic mass is 32.1. The van der Waals surface area contributed by atoms with Crippen LogP contribution >= 0.6 is 22.7 Å². The standard InChI is InChI=1S/C32H20S2/c1-2-10-21(11-3-1)23-12-4-5-14-25(23)32-27-16-7-6-15-26(27)31(34-32)22-18-19-30-28(20-22)24-13-8-9-17-29(24)33-30/h1-20H. The lowest BCUT2D eigenvalue weighted by molar-refractivity contribution is 1.62. The van der Waals surface area contributed by atoms with E-state index in [-0.39, 0.29) is 0 Å². The number of fused-ring (bicyclic) bond motifs is 4. The van der Waals surface area contributed by atoms with Crippen molar-refractivity contribution < 1.29 is 0 Å². The summed E-state index contributed by atoms with van der Waals surface area (Å²) in [7, 11) is 0. The van der Waals surface area contributed by atoms with E-state index in [1.807, 2.05) is 22.7 Å². The van der Waals surface area contributed by atoms with E-state index in [0.717, 1.165) is 0 Å². The van der Waals surface area contributed by atoms with Crippen LogP contribution < -0.4 is 0 Å². The molecule has 5 aromatic carbocycles. The van der Waals surface area contributed by atoms with E-state index in [1.165, 1.54) is 63.0 Å². The zero-order chi connectivity index (χ0) is 22.5. The number of benzene rings is 5. The quantitative estimate of drug-likeness (QED) is 0.242. The fourth-order valence-electron chi connectivity index (χ4n) is 4.92. The number of thiophene rings is 2. The average molecular weight is 469 g/mol. The van der Waals surface area contributed by atoms with Crippen molar-refractivity contribution in [2.45, 2.75) is 0 Å². The molecule has 0 aliphatic rings. The molecule has 0 nitrogen and oxygen atoms in total. The third kappa shape index (κ3) is 3.11. The fraction of sp³-hybridized carbons (Fsp3) is 0. The Bertz CT molecular complexity index is 1800. The number of hydrogen-bond acceptors (Lipinski definition) is 2. The van der Waals surface area contributed by atoms with Crippen molar-refractivity contribution in [3.8, 4) is 32.0 Å². The summed E-state index contributed by atoms with van der Waals surface area (Å²) in [6, 6.07) is 44.1. The van der Waals surface area contributed by atoms with Crippen LogP contribution in [0.3, 0.4) is 0 Å². The van der Waals surface area contributed by atoms with Crippen molar-refractivity contribution in [2.75, 3.05) is 0 Å². The monoisotopic (exact) mass is 468 g/mol. The Balaban J connectivity index is 1.48. The predicted molar refractivity (Wildman–Crippen MR) is 151 cm³/mol. The minimum atomic E-state index is 1.25. The lowest BCUT2D eigenvalue weighted by atomic mass is 9.96. The van der Waals surface area contributed by atoms with Gasteiger partial charge in [-0.1, -0.05) is 103 Å². The Kier molecular flexibility index (Phi) is 4.61. The largest absolute Gasteiger partial charge is 0.135 e. The third-order valence-electron chi connectivity index (χ3n) is 6.52. The lowest BCUT2D eigenvalue weighted by Crippen LogP contribution is -1.82. The van der Waals surface area contributed by atoms with Crippen molar-refractivity contribution in [1.29, 1.82) is 0 Å². The van der Waals surface area contributed by atoms with Gasteiger partial charge in [0.1, 0.15) is 0 Å². The van der Waals surface area contributed by atoms with Gasteiger partial charge in [0.15, 0.2) is 0 Å². The molecule has 0 amide bonds. The molecule has 0 spiro atoms. The summed E-state index contributed by atoms with van der Waals surface area (Å²) in [5.41, 5.74) is 5.12. The highest BCUT2D eigenvalue weighted by Gasteiger charge is 2.17. The Morgan fingerprint density at radius 1 is 0.353 bits per heavy atom. The molecule has 7 aromatic rings. The smallest absolute Gasteiger partial charge is 0.0434 e. The summed E-state index contributed by atoms with van der Waals surface area (Å²) in [6.07, 6.45) is 0. The second-order valence-electron chi connectivity index (χ2n) is 8.53. The molecule has 0 unspecified atom stereocenters. The van der Waals surface area contributed by atoms with Gasteiger partial charge in [-0.2, -0.15) is 0 Å². The summed E-state index contributed by atoms with van der Waals surface area (Å²) in [4.78, 5) is 2.67. The van der Waals surface area contributed by atoms with Gasteiger partial charge in [0.25, 0.3) is 0 Å². The van der Waals surface area contributed by atoms with Crippen LogP contribution in [0, 0.1) is 0 Å². The van der Waals surface area contributed by atoms with Gasteiger partial charge in [-0.05, 0) is 34.9 Å². The van der Waals surface area contributed by atoms with Gasteiger partial charge in [-0.15, -0.1) is 22.7 Å². The fourth-order valence-corrected chi connectivity index (χ4v) is 7.32. The second kappa shape index (κ2) is 7.95. The van der Waals surface area contributed by atoms with Crippen LogP contribution in [0.25, 0.3) is 63.0 Å². The lowest BCUT2D eigenvalue weighted by Gasteiger charge is -2.09. The van der Waals surface area contributed by atoms with Gasteiger partial charge in [-0.3, -0.25) is 0 Å². The number of hydrogen-bond donors (Lipinski definition) is 0. The van der Waals surface area contributed by atoms with Crippen LogP contribution in [-0.4, -0.2) is 0 Å². The van der Waals surface area contributed by atoms with E-state index in [4.69, 9.17) is 0 Å². The molecule has 0 atom stereocenters. The van der Waals surface area contributed by atoms with Crippen molar-refractivity contribution in [2.24, 2.45) is 0 Å². The van der Waals surface area contributed by atoms with Gasteiger partial charge in [0.05, 0.1) is 0 Å². The first kappa shape index (κ1) is 19.7. The molecule has 0 radical (unpaired) electrons. The maximum Gasteiger partial charge on any atom is 0.0434 e. The van der Waals surface area contributed by atoms with Crippen LogP contribution in [0.4, 0.5) is 0 Å². The molecule has 0 N–H and O–H groups in total. The summed E-state index contributed by atoms with van der Waals surface area (Å²) >= 11 is 3.78. The Morgan fingerprint density at radius 2 is 0.971 bits per heavy atom. The van der Waals surface area contributed by atoms with Gasteiger partial charge in [-0.25, -0.2) is 0 Å². The van der Waals surface area contributed by atoms with Crippen molar-refractivity contribution in [3.05, 3.63) is 121 Å². The first-order chi connectivity index (χ1) is 16.9. The molecular formula is C32H20S2. The highest BCUT2D eigenvalue weighted by molar-refractivity contribution is 7.25. The molecule has 2 heterocycles. The van der Waals surface area contributed by atoms with Crippen LogP contribution in [0.2, 0.25) is 0 Å². The zero-order valence-corrected chi connectivity index (χ0v) is 20.0. The molecular weight excluding hydrogens is 448 g/mol. The van der Waals surface area contributed by atoms with Crippen molar-refractivity contribution >= 4 is 53.6 Å². The first-order valence-corrected chi connectivity index (χ1v) is 13.1. The van der Waals surface area contributed by atoms with E-state index in [9.17, 15) is 0 Å². The molecule has 0 saturated heterocycles. The SMILES string of the molecule is c1ccc(-c2ccccc2-c2sc(-c3ccc4sc5ccccc5c4c3)c3ccccc23)cc1. The maximum absolute atomic E-state index is 2.39. The van der Waals surface area contributed by atoms with Gasteiger partial charge < -0.3 is 0 Å². The normalized spacial score (nSPS) is 11.5. The molecule has 0 saturated carbocycles. The van der Waals surface area contributed by atoms with E-state index in [0.29, 0.717) is 0 Å². The molecule has 0 bridgehead atoms. The summed E-state index contributed by atoms with van der Waals surface area (Å²) in [5.74, 6) is 0. The third-order valence-corrected chi connectivity index (χ3v) is 8.97. The van der Waals surface area contributed by atoms with Gasteiger partial charge >= 0.3 is 0 Å². The van der Waals surface area contributed by atoms with E-state index in [2.05, 4.69) is 121 Å². The Hall–Kier alpha value is -3.72. The summed E-state index contributed by atoms with van der Waals surface area (Å²) in [5, 5.41) is 5.34. The van der Waals surface area contributed by atoms with Crippen LogP contribution in [0.15, 0.2) is 121 Å². The summed E-state index contributed by atoms with van der Waals surface area (Å²) in [6.45, 7) is 0. The van der Waals surface area contributed by atoms with E-state index in [1.54, 1.807) is 0 Å². The molecule has 160 valence electrons. The molecule has 2 aromatic heterocycles. The molecule has 0 aliphatic heterocycles.